The number of carbonyl (C=O) groups is 2. The number of esters is 1. The van der Waals surface area contributed by atoms with Gasteiger partial charge < -0.3 is 9.84 Å². The van der Waals surface area contributed by atoms with Gasteiger partial charge in [0.25, 0.3) is 15.9 Å². The highest BCUT2D eigenvalue weighted by Crippen LogP contribution is 2.47. The Hall–Kier alpha value is -3.80. The number of para-hydroxylation sites is 2. The van der Waals surface area contributed by atoms with Crippen LogP contribution in [0.5, 0.6) is 5.75 Å². The van der Waals surface area contributed by atoms with Crippen molar-refractivity contribution in [2.45, 2.75) is 14.0 Å². The van der Waals surface area contributed by atoms with Crippen molar-refractivity contribution in [3.05, 3.63) is 89.8 Å². The van der Waals surface area contributed by atoms with Crippen LogP contribution in [-0.2, 0) is 19.6 Å². The average molecular weight is 539 g/mol. The first-order valence-corrected chi connectivity index (χ1v) is 13.8. The number of ether oxygens (including phenoxy) is 1. The van der Waals surface area contributed by atoms with E-state index >= 15 is 0 Å². The summed E-state index contributed by atoms with van der Waals surface area (Å²) in [5, 5.41) is 12.0. The number of carbonyl (C=O) groups excluding carboxylic acids is 2. The molecule has 0 radical (unpaired) electrons. The number of nitrogens with zero attached hydrogens (tertiary/aromatic N) is 1. The van der Waals surface area contributed by atoms with Gasteiger partial charge in [-0.3, -0.25) is 14.4 Å². The van der Waals surface area contributed by atoms with E-state index in [1.165, 1.54) is 23.1 Å². The van der Waals surface area contributed by atoms with E-state index < -0.39 is 34.3 Å². The van der Waals surface area contributed by atoms with Crippen molar-refractivity contribution in [2.24, 2.45) is 0 Å². The molecule has 36 heavy (non-hydrogen) atoms. The topological polar surface area (TPSA) is 113 Å². The summed E-state index contributed by atoms with van der Waals surface area (Å²) < 4.78 is 32.4. The van der Waals surface area contributed by atoms with Crippen molar-refractivity contribution in [3.8, 4) is 5.75 Å². The van der Waals surface area contributed by atoms with Crippen LogP contribution in [0.25, 0.3) is 0 Å². The molecule has 2 heterocycles. The molecular formula is C25H18N2O6S3. The lowest BCUT2D eigenvalue weighted by atomic mass is 10.2. The third kappa shape index (κ3) is 4.68. The number of sulfonamides is 1. The monoisotopic (exact) mass is 538 g/mol. The zero-order valence-electron chi connectivity index (χ0n) is 18.5. The predicted molar refractivity (Wildman–Crippen MR) is 138 cm³/mol. The van der Waals surface area contributed by atoms with E-state index in [4.69, 9.17) is 4.74 Å². The molecule has 0 atom stereocenters. The van der Waals surface area contributed by atoms with Gasteiger partial charge in [-0.15, -0.1) is 11.3 Å². The fourth-order valence-electron chi connectivity index (χ4n) is 3.63. The number of hydrogen-bond donors (Lipinski definition) is 2. The second-order valence-corrected chi connectivity index (χ2v) is 11.6. The van der Waals surface area contributed by atoms with Crippen LogP contribution in [0.2, 0.25) is 0 Å². The van der Waals surface area contributed by atoms with Crippen LogP contribution in [0.3, 0.4) is 0 Å². The van der Waals surface area contributed by atoms with Crippen molar-refractivity contribution in [1.29, 1.82) is 0 Å². The SMILES string of the molecule is O=C(OCC(=O)N1c2ccccc2Sc2ccccc21)c1ccc(NS(=O)(=O)c2cccs2)cc1O. The predicted octanol–water partition coefficient (Wildman–Crippen LogP) is 5.24. The van der Waals surface area contributed by atoms with E-state index in [9.17, 15) is 23.1 Å². The molecule has 1 aromatic heterocycles. The molecule has 0 spiro atoms. The van der Waals surface area contributed by atoms with E-state index in [1.54, 1.807) is 23.2 Å². The van der Waals surface area contributed by atoms with Crippen molar-refractivity contribution >= 4 is 62.1 Å². The summed E-state index contributed by atoms with van der Waals surface area (Å²) in [5.41, 5.74) is 1.25. The Labute approximate surface area is 215 Å². The Morgan fingerprint density at radius 3 is 2.19 bits per heavy atom. The number of thiophene rings is 1. The van der Waals surface area contributed by atoms with Crippen LogP contribution < -0.4 is 9.62 Å². The number of phenolic OH excluding ortho intramolecular Hbond substituents is 1. The smallest absolute Gasteiger partial charge is 0.342 e. The zero-order chi connectivity index (χ0) is 25.3. The third-order valence-corrected chi connectivity index (χ3v) is 9.15. The van der Waals surface area contributed by atoms with Crippen LogP contribution in [0.1, 0.15) is 10.4 Å². The van der Waals surface area contributed by atoms with Crippen molar-refractivity contribution in [1.82, 2.24) is 0 Å². The number of phenols is 1. The minimum atomic E-state index is -3.81. The largest absolute Gasteiger partial charge is 0.507 e. The van der Waals surface area contributed by atoms with Gasteiger partial charge in [-0.2, -0.15) is 0 Å². The number of fused-ring (bicyclic) bond motifs is 2. The molecule has 0 saturated carbocycles. The van der Waals surface area contributed by atoms with Crippen LogP contribution >= 0.6 is 23.1 Å². The summed E-state index contributed by atoms with van der Waals surface area (Å²) in [6.07, 6.45) is 0. The van der Waals surface area contributed by atoms with E-state index in [-0.39, 0.29) is 15.5 Å². The minimum absolute atomic E-state index is 0.0764. The summed E-state index contributed by atoms with van der Waals surface area (Å²) in [6, 6.07) is 21.6. The molecule has 1 aliphatic rings. The summed E-state index contributed by atoms with van der Waals surface area (Å²) in [4.78, 5) is 29.1. The lowest BCUT2D eigenvalue weighted by Crippen LogP contribution is -2.32. The molecule has 0 fully saturated rings. The Morgan fingerprint density at radius 1 is 0.917 bits per heavy atom. The summed E-state index contributed by atoms with van der Waals surface area (Å²) in [5.74, 6) is -1.85. The third-order valence-electron chi connectivity index (χ3n) is 5.24. The van der Waals surface area contributed by atoms with Gasteiger partial charge in [0.2, 0.25) is 0 Å². The maximum absolute atomic E-state index is 13.2. The highest BCUT2D eigenvalue weighted by molar-refractivity contribution is 7.99. The van der Waals surface area contributed by atoms with Gasteiger partial charge in [-0.1, -0.05) is 42.1 Å². The summed E-state index contributed by atoms with van der Waals surface area (Å²) in [6.45, 7) is -0.557. The molecule has 3 aromatic carbocycles. The van der Waals surface area contributed by atoms with E-state index in [2.05, 4.69) is 4.72 Å². The van der Waals surface area contributed by atoms with E-state index in [0.717, 1.165) is 27.2 Å². The Morgan fingerprint density at radius 2 is 1.58 bits per heavy atom. The molecule has 5 rings (SSSR count). The Kier molecular flexibility index (Phi) is 6.44. The van der Waals surface area contributed by atoms with Gasteiger partial charge in [-0.05, 0) is 47.8 Å². The van der Waals surface area contributed by atoms with Gasteiger partial charge >= 0.3 is 5.97 Å². The molecule has 1 amide bonds. The maximum atomic E-state index is 13.2. The summed E-state index contributed by atoms with van der Waals surface area (Å²) >= 11 is 2.60. The van der Waals surface area contributed by atoms with Gasteiger partial charge in [0.15, 0.2) is 6.61 Å². The van der Waals surface area contributed by atoms with Crippen LogP contribution in [-0.4, -0.2) is 32.0 Å². The van der Waals surface area contributed by atoms with Crippen LogP contribution in [0.4, 0.5) is 17.1 Å². The number of nitrogens with one attached hydrogen (secondary N) is 1. The maximum Gasteiger partial charge on any atom is 0.342 e. The van der Waals surface area contributed by atoms with Gasteiger partial charge in [-0.25, -0.2) is 13.2 Å². The molecule has 8 nitrogen and oxygen atoms in total. The quantitative estimate of drug-likeness (QED) is 0.323. The van der Waals surface area contributed by atoms with Crippen molar-refractivity contribution < 1.29 is 27.9 Å². The zero-order valence-corrected chi connectivity index (χ0v) is 20.9. The minimum Gasteiger partial charge on any atom is -0.507 e. The average Bonchev–Trinajstić information content (AvgIpc) is 3.42. The fraction of sp³-hybridized carbons (Fsp3) is 0.0400. The Balaban J connectivity index is 1.30. The van der Waals surface area contributed by atoms with Gasteiger partial charge in [0.1, 0.15) is 15.5 Å². The van der Waals surface area contributed by atoms with Crippen molar-refractivity contribution in [2.75, 3.05) is 16.2 Å². The molecule has 4 aromatic rings. The first-order chi connectivity index (χ1) is 17.3. The van der Waals surface area contributed by atoms with Crippen LogP contribution in [0.15, 0.2) is 98.2 Å². The number of aromatic hydroxyl groups is 1. The molecule has 0 bridgehead atoms. The molecule has 2 N–H and O–H groups in total. The standard InChI is InChI=1S/C25H18N2O6S3/c28-20-14-16(26-36(31,32)24-10-5-13-34-24)11-12-17(20)25(30)33-15-23(29)27-18-6-1-3-8-21(18)35-22-9-4-2-7-19(22)27/h1-14,26,28H,15H2. The number of benzene rings is 3. The number of rotatable bonds is 6. The molecule has 11 heteroatoms. The molecule has 0 unspecified atom stereocenters. The van der Waals surface area contributed by atoms with E-state index in [0.29, 0.717) is 11.4 Å². The second-order valence-electron chi connectivity index (χ2n) is 7.61. The molecule has 0 saturated heterocycles. The molecule has 1 aliphatic heterocycles. The fourth-order valence-corrected chi connectivity index (χ4v) is 6.73. The van der Waals surface area contributed by atoms with Crippen LogP contribution in [0, 0.1) is 0 Å². The Bertz CT molecular complexity index is 1520. The van der Waals surface area contributed by atoms with Crippen molar-refractivity contribution in [3.63, 3.8) is 0 Å². The summed E-state index contributed by atoms with van der Waals surface area (Å²) in [7, 11) is -3.81. The molecular weight excluding hydrogens is 520 g/mol. The molecule has 0 aliphatic carbocycles. The first kappa shape index (κ1) is 23.9. The second kappa shape index (κ2) is 9.69. The number of amides is 1. The lowest BCUT2D eigenvalue weighted by Gasteiger charge is -2.30. The van der Waals surface area contributed by atoms with Gasteiger partial charge in [0.05, 0.1) is 17.1 Å². The normalized spacial score (nSPS) is 12.4. The first-order valence-electron chi connectivity index (χ1n) is 10.6. The number of hydrogen-bond acceptors (Lipinski definition) is 8. The van der Waals surface area contributed by atoms with E-state index in [1.807, 2.05) is 48.5 Å². The lowest BCUT2D eigenvalue weighted by molar-refractivity contribution is -0.121. The highest BCUT2D eigenvalue weighted by Gasteiger charge is 2.29. The number of anilines is 3. The van der Waals surface area contributed by atoms with Gasteiger partial charge in [0, 0.05) is 15.9 Å². The highest BCUT2D eigenvalue weighted by atomic mass is 32.2. The molecule has 182 valence electrons.